The van der Waals surface area contributed by atoms with Gasteiger partial charge >= 0.3 is 0 Å². The summed E-state index contributed by atoms with van der Waals surface area (Å²) in [5.41, 5.74) is 2.12. The minimum absolute atomic E-state index is 0.0115. The molecule has 27 heavy (non-hydrogen) atoms. The Morgan fingerprint density at radius 3 is 2.59 bits per heavy atom. The van der Waals surface area contributed by atoms with E-state index in [1.54, 1.807) is 0 Å². The number of hydrogen-bond acceptors (Lipinski definition) is 4. The number of carbonyl (C=O) groups is 1. The van der Waals surface area contributed by atoms with E-state index in [9.17, 15) is 4.79 Å². The van der Waals surface area contributed by atoms with Crippen molar-refractivity contribution < 1.29 is 13.9 Å². The number of hydrogen-bond donors (Lipinski definition) is 0. The normalized spacial score (nSPS) is 20.7. The van der Waals surface area contributed by atoms with Gasteiger partial charge in [0.1, 0.15) is 18.1 Å². The minimum Gasteiger partial charge on any atom is -0.489 e. The Morgan fingerprint density at radius 2 is 1.93 bits per heavy atom. The SMILES string of the molecule is Cc1ccc(OCc2cc(C(=O)N3CCN(C4CC4)CC3C)oc2C)cc1. The second-order valence-corrected chi connectivity index (χ2v) is 7.87. The van der Waals surface area contributed by atoms with Gasteiger partial charge in [0.15, 0.2) is 5.76 Å². The van der Waals surface area contributed by atoms with E-state index in [0.717, 1.165) is 42.7 Å². The summed E-state index contributed by atoms with van der Waals surface area (Å²) in [5, 5.41) is 0. The van der Waals surface area contributed by atoms with Gasteiger partial charge in [-0.2, -0.15) is 0 Å². The molecule has 0 radical (unpaired) electrons. The van der Waals surface area contributed by atoms with Crippen LogP contribution in [0.5, 0.6) is 5.75 Å². The van der Waals surface area contributed by atoms with Gasteiger partial charge in [0.05, 0.1) is 0 Å². The van der Waals surface area contributed by atoms with Gasteiger partial charge in [0.2, 0.25) is 0 Å². The molecule has 0 spiro atoms. The number of aryl methyl sites for hydroxylation is 2. The number of rotatable bonds is 5. The smallest absolute Gasteiger partial charge is 0.289 e. The monoisotopic (exact) mass is 368 g/mol. The van der Waals surface area contributed by atoms with Crippen LogP contribution in [0.3, 0.4) is 0 Å². The average molecular weight is 368 g/mol. The van der Waals surface area contributed by atoms with Crippen LogP contribution in [0.15, 0.2) is 34.7 Å². The molecule has 1 atom stereocenters. The largest absolute Gasteiger partial charge is 0.489 e. The lowest BCUT2D eigenvalue weighted by Gasteiger charge is -2.39. The Labute approximate surface area is 160 Å². The molecule has 1 amide bonds. The molecule has 1 saturated heterocycles. The molecule has 4 rings (SSSR count). The van der Waals surface area contributed by atoms with Crippen molar-refractivity contribution >= 4 is 5.91 Å². The first kappa shape index (κ1) is 18.1. The molecule has 0 bridgehead atoms. The number of amides is 1. The number of furan rings is 1. The lowest BCUT2D eigenvalue weighted by atomic mass is 10.1. The van der Waals surface area contributed by atoms with Crippen LogP contribution < -0.4 is 4.74 Å². The zero-order valence-corrected chi connectivity index (χ0v) is 16.4. The molecule has 1 aromatic heterocycles. The molecular weight excluding hydrogens is 340 g/mol. The van der Waals surface area contributed by atoms with Crippen LogP contribution >= 0.6 is 0 Å². The highest BCUT2D eigenvalue weighted by Gasteiger charge is 2.36. The van der Waals surface area contributed by atoms with E-state index in [0.29, 0.717) is 12.4 Å². The highest BCUT2D eigenvalue weighted by atomic mass is 16.5. The molecule has 1 aliphatic carbocycles. The maximum Gasteiger partial charge on any atom is 0.289 e. The second kappa shape index (κ2) is 7.39. The molecule has 2 aliphatic rings. The zero-order valence-electron chi connectivity index (χ0n) is 16.4. The Hall–Kier alpha value is -2.27. The molecule has 2 fully saturated rings. The molecule has 1 saturated carbocycles. The summed E-state index contributed by atoms with van der Waals surface area (Å²) in [5.74, 6) is 1.97. The predicted octanol–water partition coefficient (Wildman–Crippen LogP) is 3.78. The number of carbonyl (C=O) groups excluding carboxylic acids is 1. The van der Waals surface area contributed by atoms with Gasteiger partial charge in [-0.25, -0.2) is 0 Å². The van der Waals surface area contributed by atoms with Crippen LogP contribution in [0.4, 0.5) is 0 Å². The van der Waals surface area contributed by atoms with Crippen molar-refractivity contribution in [2.45, 2.75) is 52.3 Å². The Kier molecular flexibility index (Phi) is 4.96. The van der Waals surface area contributed by atoms with Crippen molar-refractivity contribution in [1.29, 1.82) is 0 Å². The predicted molar refractivity (Wildman–Crippen MR) is 104 cm³/mol. The number of piperazine rings is 1. The molecule has 1 unspecified atom stereocenters. The fourth-order valence-corrected chi connectivity index (χ4v) is 3.76. The van der Waals surface area contributed by atoms with E-state index in [-0.39, 0.29) is 11.9 Å². The van der Waals surface area contributed by atoms with E-state index >= 15 is 0 Å². The highest BCUT2D eigenvalue weighted by Crippen LogP contribution is 2.29. The first-order valence-electron chi connectivity index (χ1n) is 9.85. The van der Waals surface area contributed by atoms with E-state index in [4.69, 9.17) is 9.15 Å². The van der Waals surface area contributed by atoms with Gasteiger partial charge in [0.25, 0.3) is 5.91 Å². The van der Waals surface area contributed by atoms with Crippen LogP contribution in [0.2, 0.25) is 0 Å². The summed E-state index contributed by atoms with van der Waals surface area (Å²) in [6.45, 7) is 9.15. The zero-order chi connectivity index (χ0) is 19.0. The third-order valence-corrected chi connectivity index (χ3v) is 5.63. The quantitative estimate of drug-likeness (QED) is 0.806. The van der Waals surface area contributed by atoms with Crippen LogP contribution in [0.25, 0.3) is 0 Å². The molecule has 1 aliphatic heterocycles. The molecule has 1 aromatic carbocycles. The third-order valence-electron chi connectivity index (χ3n) is 5.63. The van der Waals surface area contributed by atoms with Crippen molar-refractivity contribution in [2.24, 2.45) is 0 Å². The molecule has 144 valence electrons. The van der Waals surface area contributed by atoms with Crippen molar-refractivity contribution in [3.8, 4) is 5.75 Å². The van der Waals surface area contributed by atoms with Crippen molar-refractivity contribution in [1.82, 2.24) is 9.80 Å². The van der Waals surface area contributed by atoms with Gasteiger partial charge in [0, 0.05) is 37.3 Å². The molecule has 2 heterocycles. The first-order valence-corrected chi connectivity index (χ1v) is 9.85. The third kappa shape index (κ3) is 4.03. The lowest BCUT2D eigenvalue weighted by Crippen LogP contribution is -2.54. The molecule has 2 aromatic rings. The minimum atomic E-state index is -0.0115. The van der Waals surface area contributed by atoms with E-state index in [1.165, 1.54) is 18.4 Å². The summed E-state index contributed by atoms with van der Waals surface area (Å²) in [6.07, 6.45) is 2.62. The topological polar surface area (TPSA) is 45.9 Å². The molecule has 0 N–H and O–H groups in total. The number of nitrogens with zero attached hydrogens (tertiary/aromatic N) is 2. The van der Waals surface area contributed by atoms with Gasteiger partial charge in [-0.15, -0.1) is 0 Å². The maximum atomic E-state index is 13.0. The summed E-state index contributed by atoms with van der Waals surface area (Å²) in [6, 6.07) is 10.8. The number of benzene rings is 1. The Morgan fingerprint density at radius 1 is 1.19 bits per heavy atom. The van der Waals surface area contributed by atoms with Crippen LogP contribution in [0.1, 0.15) is 47.2 Å². The maximum absolute atomic E-state index is 13.0. The van der Waals surface area contributed by atoms with E-state index in [1.807, 2.05) is 49.1 Å². The van der Waals surface area contributed by atoms with Crippen LogP contribution in [-0.2, 0) is 6.61 Å². The average Bonchev–Trinajstić information content (AvgIpc) is 3.44. The van der Waals surface area contributed by atoms with Crippen LogP contribution in [0, 0.1) is 13.8 Å². The second-order valence-electron chi connectivity index (χ2n) is 7.87. The van der Waals surface area contributed by atoms with Gasteiger partial charge in [-0.3, -0.25) is 9.69 Å². The summed E-state index contributed by atoms with van der Waals surface area (Å²) < 4.78 is 11.6. The van der Waals surface area contributed by atoms with Crippen molar-refractivity contribution in [3.63, 3.8) is 0 Å². The fraction of sp³-hybridized carbons (Fsp3) is 0.500. The van der Waals surface area contributed by atoms with E-state index < -0.39 is 0 Å². The molecule has 5 nitrogen and oxygen atoms in total. The summed E-state index contributed by atoms with van der Waals surface area (Å²) >= 11 is 0. The van der Waals surface area contributed by atoms with Crippen molar-refractivity contribution in [3.05, 3.63) is 53.0 Å². The first-order chi connectivity index (χ1) is 13.0. The Balaban J connectivity index is 1.39. The van der Waals surface area contributed by atoms with Crippen LogP contribution in [-0.4, -0.2) is 47.4 Å². The number of ether oxygens (including phenoxy) is 1. The van der Waals surface area contributed by atoms with Gasteiger partial charge in [-0.05, 0) is 51.8 Å². The lowest BCUT2D eigenvalue weighted by molar-refractivity contribution is 0.0444. The summed E-state index contributed by atoms with van der Waals surface area (Å²) in [7, 11) is 0. The molecular formula is C22H28N2O3. The molecule has 5 heteroatoms. The van der Waals surface area contributed by atoms with Crippen molar-refractivity contribution in [2.75, 3.05) is 19.6 Å². The van der Waals surface area contributed by atoms with Gasteiger partial charge < -0.3 is 14.1 Å². The van der Waals surface area contributed by atoms with E-state index in [2.05, 4.69) is 11.8 Å². The highest BCUT2D eigenvalue weighted by molar-refractivity contribution is 5.92. The standard InChI is InChI=1S/C22H28N2O3/c1-15-4-8-20(9-5-15)26-14-18-12-21(27-17(18)3)22(25)24-11-10-23(13-16(24)2)19-6-7-19/h4-5,8-9,12,16,19H,6-7,10-11,13-14H2,1-3H3. The summed E-state index contributed by atoms with van der Waals surface area (Å²) in [4.78, 5) is 17.4. The Bertz CT molecular complexity index is 807. The van der Waals surface area contributed by atoms with Gasteiger partial charge in [-0.1, -0.05) is 17.7 Å². The fourth-order valence-electron chi connectivity index (χ4n) is 3.76.